The molecule has 2 aromatic rings. The second kappa shape index (κ2) is 6.49. The largest absolute Gasteiger partial charge is 0.488 e. The van der Waals surface area contributed by atoms with Crippen molar-refractivity contribution in [2.24, 2.45) is 0 Å². The molecule has 6 heteroatoms. The van der Waals surface area contributed by atoms with Crippen LogP contribution in [-0.2, 0) is 6.61 Å². The van der Waals surface area contributed by atoms with Gasteiger partial charge in [0.1, 0.15) is 12.4 Å². The van der Waals surface area contributed by atoms with Crippen LogP contribution in [-0.4, -0.2) is 11.2 Å². The fourth-order valence-electron chi connectivity index (χ4n) is 1.91. The highest BCUT2D eigenvalue weighted by molar-refractivity contribution is 9.10. The Balaban J connectivity index is 2.16. The van der Waals surface area contributed by atoms with E-state index < -0.39 is 4.92 Å². The summed E-state index contributed by atoms with van der Waals surface area (Å²) in [6.45, 7) is 2.09. The van der Waals surface area contributed by atoms with E-state index in [1.807, 2.05) is 13.0 Å². The highest BCUT2D eigenvalue weighted by Crippen LogP contribution is 2.27. The van der Waals surface area contributed by atoms with E-state index in [1.54, 1.807) is 18.2 Å². The molecule has 0 atom stereocenters. The molecule has 0 aliphatic rings. The summed E-state index contributed by atoms with van der Waals surface area (Å²) in [4.78, 5) is 21.2. The molecule has 0 radical (unpaired) electrons. The number of hydrogen-bond donors (Lipinski definition) is 0. The van der Waals surface area contributed by atoms with Gasteiger partial charge in [0.05, 0.1) is 10.5 Å². The summed E-state index contributed by atoms with van der Waals surface area (Å²) < 4.78 is 6.49. The molecule has 2 rings (SSSR count). The Morgan fingerprint density at radius 1 is 1.29 bits per heavy atom. The predicted molar refractivity (Wildman–Crippen MR) is 81.7 cm³/mol. The van der Waals surface area contributed by atoms with E-state index >= 15 is 0 Å². The van der Waals surface area contributed by atoms with E-state index in [0.29, 0.717) is 11.3 Å². The number of ether oxygens (including phenoxy) is 1. The highest BCUT2D eigenvalue weighted by Gasteiger charge is 2.09. The number of rotatable bonds is 5. The first kappa shape index (κ1) is 15.2. The van der Waals surface area contributed by atoms with Crippen LogP contribution in [0.5, 0.6) is 5.75 Å². The van der Waals surface area contributed by atoms with Gasteiger partial charge in [0.2, 0.25) is 0 Å². The summed E-state index contributed by atoms with van der Waals surface area (Å²) in [5.74, 6) is 0.520. The van der Waals surface area contributed by atoms with E-state index in [9.17, 15) is 14.9 Å². The molecule has 0 aliphatic carbocycles. The summed E-state index contributed by atoms with van der Waals surface area (Å²) >= 11 is 3.33. The van der Waals surface area contributed by atoms with Crippen molar-refractivity contribution in [1.82, 2.24) is 0 Å². The lowest BCUT2D eigenvalue weighted by atomic mass is 10.1. The van der Waals surface area contributed by atoms with Crippen molar-refractivity contribution in [1.29, 1.82) is 0 Å². The zero-order chi connectivity index (χ0) is 15.4. The van der Waals surface area contributed by atoms with Crippen molar-refractivity contribution in [2.45, 2.75) is 13.5 Å². The van der Waals surface area contributed by atoms with Crippen LogP contribution in [0.15, 0.2) is 40.9 Å². The molecule has 21 heavy (non-hydrogen) atoms. The van der Waals surface area contributed by atoms with Crippen LogP contribution in [0.4, 0.5) is 5.69 Å². The number of benzene rings is 2. The van der Waals surface area contributed by atoms with E-state index in [-0.39, 0.29) is 12.3 Å². The Hall–Kier alpha value is -2.21. The molecule has 0 N–H and O–H groups in total. The van der Waals surface area contributed by atoms with E-state index in [2.05, 4.69) is 15.9 Å². The van der Waals surface area contributed by atoms with Crippen molar-refractivity contribution in [2.75, 3.05) is 0 Å². The summed E-state index contributed by atoms with van der Waals surface area (Å²) in [5.41, 5.74) is 2.13. The van der Waals surface area contributed by atoms with E-state index in [0.717, 1.165) is 21.9 Å². The lowest BCUT2D eigenvalue weighted by molar-refractivity contribution is -0.384. The molecule has 0 saturated carbocycles. The van der Waals surface area contributed by atoms with Crippen molar-refractivity contribution in [3.63, 3.8) is 0 Å². The number of hydrogen-bond acceptors (Lipinski definition) is 4. The Bertz CT molecular complexity index is 683. The van der Waals surface area contributed by atoms with Crippen LogP contribution in [0.1, 0.15) is 21.5 Å². The van der Waals surface area contributed by atoms with Crippen molar-refractivity contribution in [3.8, 4) is 5.75 Å². The Morgan fingerprint density at radius 2 is 1.95 bits per heavy atom. The third-order valence-electron chi connectivity index (χ3n) is 2.93. The van der Waals surface area contributed by atoms with E-state index in [1.165, 1.54) is 12.1 Å². The first-order valence-corrected chi connectivity index (χ1v) is 6.92. The molecular weight excluding hydrogens is 338 g/mol. The van der Waals surface area contributed by atoms with Crippen LogP contribution in [0.3, 0.4) is 0 Å². The van der Waals surface area contributed by atoms with Crippen LogP contribution in [0.2, 0.25) is 0 Å². The molecule has 0 aliphatic heterocycles. The molecule has 2 aromatic carbocycles. The van der Waals surface area contributed by atoms with Gasteiger partial charge in [-0.25, -0.2) is 0 Å². The lowest BCUT2D eigenvalue weighted by Crippen LogP contribution is -2.00. The third kappa shape index (κ3) is 3.66. The Morgan fingerprint density at radius 3 is 2.52 bits per heavy atom. The van der Waals surface area contributed by atoms with Crippen molar-refractivity contribution >= 4 is 27.9 Å². The van der Waals surface area contributed by atoms with Crippen molar-refractivity contribution < 1.29 is 14.5 Å². The number of aryl methyl sites for hydroxylation is 1. The van der Waals surface area contributed by atoms with Gasteiger partial charge in [-0.1, -0.05) is 15.9 Å². The first-order chi connectivity index (χ1) is 10.0. The van der Waals surface area contributed by atoms with Crippen LogP contribution >= 0.6 is 15.9 Å². The second-order valence-electron chi connectivity index (χ2n) is 4.47. The number of nitro groups is 1. The molecule has 0 spiro atoms. The minimum Gasteiger partial charge on any atom is -0.488 e. The zero-order valence-corrected chi connectivity index (χ0v) is 12.8. The van der Waals surface area contributed by atoms with Gasteiger partial charge in [0.15, 0.2) is 6.29 Å². The maximum absolute atomic E-state index is 11.1. The van der Waals surface area contributed by atoms with Gasteiger partial charge < -0.3 is 4.74 Å². The minimum atomic E-state index is -0.450. The van der Waals surface area contributed by atoms with Gasteiger partial charge in [0.25, 0.3) is 5.69 Å². The number of nitro benzene ring substituents is 1. The van der Waals surface area contributed by atoms with Gasteiger partial charge in [-0.05, 0) is 42.3 Å². The molecule has 5 nitrogen and oxygen atoms in total. The average Bonchev–Trinajstić information content (AvgIpc) is 2.46. The average molecular weight is 350 g/mol. The normalized spacial score (nSPS) is 10.2. The van der Waals surface area contributed by atoms with Crippen LogP contribution < -0.4 is 4.74 Å². The number of non-ortho nitro benzene ring substituents is 1. The number of carbonyl (C=O) groups excluding carboxylic acids is 1. The van der Waals surface area contributed by atoms with Crippen molar-refractivity contribution in [3.05, 3.63) is 67.7 Å². The summed E-state index contributed by atoms with van der Waals surface area (Å²) in [5, 5.41) is 10.6. The quantitative estimate of drug-likeness (QED) is 0.463. The van der Waals surface area contributed by atoms with Gasteiger partial charge in [0, 0.05) is 16.6 Å². The number of carbonyl (C=O) groups is 1. The molecule has 0 saturated heterocycles. The Labute approximate surface area is 129 Å². The third-order valence-corrected chi connectivity index (χ3v) is 3.38. The van der Waals surface area contributed by atoms with Crippen LogP contribution in [0.25, 0.3) is 0 Å². The molecule has 0 unspecified atom stereocenters. The maximum atomic E-state index is 11.1. The standard InChI is InChI=1S/C15H12BrNO4/c1-10-6-13(16)7-12(8-18)15(10)21-9-11-2-4-14(5-3-11)17(19)20/h2-8H,9H2,1H3. The van der Waals surface area contributed by atoms with E-state index in [4.69, 9.17) is 4.74 Å². The molecule has 0 amide bonds. The molecule has 108 valence electrons. The highest BCUT2D eigenvalue weighted by atomic mass is 79.9. The SMILES string of the molecule is Cc1cc(Br)cc(C=O)c1OCc1ccc([N+](=O)[O-])cc1. The molecule has 0 bridgehead atoms. The second-order valence-corrected chi connectivity index (χ2v) is 5.39. The molecule has 0 heterocycles. The van der Waals surface area contributed by atoms with Crippen LogP contribution in [0, 0.1) is 17.0 Å². The van der Waals surface area contributed by atoms with Gasteiger partial charge >= 0.3 is 0 Å². The van der Waals surface area contributed by atoms with Gasteiger partial charge in [-0.15, -0.1) is 0 Å². The number of aldehydes is 1. The molecular formula is C15H12BrNO4. The molecule has 0 aromatic heterocycles. The summed E-state index contributed by atoms with van der Waals surface area (Å²) in [6.07, 6.45) is 0.739. The first-order valence-electron chi connectivity index (χ1n) is 6.12. The maximum Gasteiger partial charge on any atom is 0.269 e. The minimum absolute atomic E-state index is 0.0344. The summed E-state index contributed by atoms with van der Waals surface area (Å²) in [6, 6.07) is 9.66. The zero-order valence-electron chi connectivity index (χ0n) is 11.2. The van der Waals surface area contributed by atoms with Gasteiger partial charge in [-0.2, -0.15) is 0 Å². The smallest absolute Gasteiger partial charge is 0.269 e. The Kier molecular flexibility index (Phi) is 4.70. The fourth-order valence-corrected chi connectivity index (χ4v) is 2.50. The monoisotopic (exact) mass is 349 g/mol. The number of nitrogens with zero attached hydrogens (tertiary/aromatic N) is 1. The lowest BCUT2D eigenvalue weighted by Gasteiger charge is -2.12. The molecule has 0 fully saturated rings. The summed E-state index contributed by atoms with van der Waals surface area (Å²) in [7, 11) is 0. The predicted octanol–water partition coefficient (Wildman–Crippen LogP) is 4.06. The topological polar surface area (TPSA) is 69.4 Å². The number of halogens is 1. The van der Waals surface area contributed by atoms with Gasteiger partial charge in [-0.3, -0.25) is 14.9 Å². The fraction of sp³-hybridized carbons (Fsp3) is 0.133.